The molecular weight excluding hydrogens is 246 g/mol. The molecule has 0 amide bonds. The van der Waals surface area contributed by atoms with Gasteiger partial charge in [-0.25, -0.2) is 4.98 Å². The standard InChI is InChI=1S/C17H21N3/c1-20-13-6-5-11-16(20)15-10-7-12-18-17(15)19-14-8-3-2-4-9-14/h2-4,7-10,12,16H,5-6,11,13H2,1H3,(H,18,19)/t16-/m0/s1. The minimum atomic E-state index is 0.476. The van der Waals surface area contributed by atoms with Gasteiger partial charge in [0.15, 0.2) is 0 Å². The molecule has 20 heavy (non-hydrogen) atoms. The highest BCUT2D eigenvalue weighted by atomic mass is 15.1. The number of likely N-dealkylation sites (tertiary alicyclic amines) is 1. The van der Waals surface area contributed by atoms with Crippen molar-refractivity contribution in [3.63, 3.8) is 0 Å². The van der Waals surface area contributed by atoms with Crippen LogP contribution in [0.1, 0.15) is 30.9 Å². The highest BCUT2D eigenvalue weighted by molar-refractivity contribution is 5.59. The Bertz CT molecular complexity index is 553. The number of anilines is 2. The molecule has 1 aliphatic rings. The summed E-state index contributed by atoms with van der Waals surface area (Å²) in [6, 6.07) is 15.0. The lowest BCUT2D eigenvalue weighted by Gasteiger charge is -2.33. The normalized spacial score (nSPS) is 19.8. The highest BCUT2D eigenvalue weighted by Gasteiger charge is 2.23. The average Bonchev–Trinajstić information content (AvgIpc) is 2.50. The second-order valence-electron chi connectivity index (χ2n) is 5.42. The molecule has 1 fully saturated rings. The molecule has 1 saturated heterocycles. The maximum absolute atomic E-state index is 4.55. The van der Waals surface area contributed by atoms with Gasteiger partial charge in [0.25, 0.3) is 0 Å². The van der Waals surface area contributed by atoms with E-state index in [0.717, 1.165) is 11.5 Å². The van der Waals surface area contributed by atoms with E-state index in [4.69, 9.17) is 0 Å². The smallest absolute Gasteiger partial charge is 0.135 e. The minimum absolute atomic E-state index is 0.476. The van der Waals surface area contributed by atoms with Gasteiger partial charge in [-0.3, -0.25) is 4.90 Å². The summed E-state index contributed by atoms with van der Waals surface area (Å²) in [4.78, 5) is 6.99. The van der Waals surface area contributed by atoms with Crippen molar-refractivity contribution in [3.05, 3.63) is 54.2 Å². The summed E-state index contributed by atoms with van der Waals surface area (Å²) in [6.07, 6.45) is 5.67. The first-order valence-electron chi connectivity index (χ1n) is 7.32. The Hall–Kier alpha value is -1.87. The Labute approximate surface area is 120 Å². The quantitative estimate of drug-likeness (QED) is 0.911. The molecule has 0 radical (unpaired) electrons. The Kier molecular flexibility index (Phi) is 3.97. The van der Waals surface area contributed by atoms with Gasteiger partial charge in [0.1, 0.15) is 5.82 Å². The van der Waals surface area contributed by atoms with Gasteiger partial charge in [0.2, 0.25) is 0 Å². The Morgan fingerprint density at radius 2 is 1.95 bits per heavy atom. The number of hydrogen-bond acceptors (Lipinski definition) is 3. The van der Waals surface area contributed by atoms with Crippen molar-refractivity contribution in [3.8, 4) is 0 Å². The Morgan fingerprint density at radius 3 is 2.75 bits per heavy atom. The third kappa shape index (κ3) is 2.83. The van der Waals surface area contributed by atoms with Crippen LogP contribution in [0.15, 0.2) is 48.7 Å². The van der Waals surface area contributed by atoms with Gasteiger partial charge in [0.05, 0.1) is 0 Å². The van der Waals surface area contributed by atoms with Crippen molar-refractivity contribution in [2.75, 3.05) is 18.9 Å². The third-order valence-electron chi connectivity index (χ3n) is 4.00. The van der Waals surface area contributed by atoms with Gasteiger partial charge in [-0.15, -0.1) is 0 Å². The van der Waals surface area contributed by atoms with Gasteiger partial charge in [-0.05, 0) is 44.6 Å². The van der Waals surface area contributed by atoms with Crippen LogP contribution in [0.4, 0.5) is 11.5 Å². The predicted molar refractivity (Wildman–Crippen MR) is 83.2 cm³/mol. The molecule has 3 rings (SSSR count). The van der Waals surface area contributed by atoms with Crippen LogP contribution >= 0.6 is 0 Å². The molecule has 0 saturated carbocycles. The first-order chi connectivity index (χ1) is 9.84. The van der Waals surface area contributed by atoms with E-state index in [0.29, 0.717) is 6.04 Å². The summed E-state index contributed by atoms with van der Waals surface area (Å²) in [5.74, 6) is 0.984. The van der Waals surface area contributed by atoms with E-state index in [1.807, 2.05) is 30.5 Å². The van der Waals surface area contributed by atoms with Crippen LogP contribution in [-0.4, -0.2) is 23.5 Å². The maximum atomic E-state index is 4.55. The molecular formula is C17H21N3. The van der Waals surface area contributed by atoms with E-state index in [9.17, 15) is 0 Å². The van der Waals surface area contributed by atoms with Crippen LogP contribution < -0.4 is 5.32 Å². The summed E-state index contributed by atoms with van der Waals surface area (Å²) >= 11 is 0. The molecule has 0 spiro atoms. The van der Waals surface area contributed by atoms with Gasteiger partial charge in [0, 0.05) is 23.5 Å². The monoisotopic (exact) mass is 267 g/mol. The van der Waals surface area contributed by atoms with E-state index in [1.165, 1.54) is 31.4 Å². The topological polar surface area (TPSA) is 28.2 Å². The zero-order valence-electron chi connectivity index (χ0n) is 11.9. The minimum Gasteiger partial charge on any atom is -0.340 e. The zero-order chi connectivity index (χ0) is 13.8. The number of para-hydroxylation sites is 1. The molecule has 2 aromatic rings. The van der Waals surface area contributed by atoms with E-state index < -0.39 is 0 Å². The number of nitrogens with zero attached hydrogens (tertiary/aromatic N) is 2. The number of aromatic nitrogens is 1. The summed E-state index contributed by atoms with van der Waals surface area (Å²) in [7, 11) is 2.21. The van der Waals surface area contributed by atoms with Gasteiger partial charge >= 0.3 is 0 Å². The number of benzene rings is 1. The zero-order valence-corrected chi connectivity index (χ0v) is 11.9. The fraction of sp³-hybridized carbons (Fsp3) is 0.353. The fourth-order valence-electron chi connectivity index (χ4n) is 2.92. The van der Waals surface area contributed by atoms with Crippen LogP contribution in [0.5, 0.6) is 0 Å². The molecule has 3 nitrogen and oxygen atoms in total. The van der Waals surface area contributed by atoms with Crippen molar-refractivity contribution < 1.29 is 0 Å². The van der Waals surface area contributed by atoms with Crippen LogP contribution in [0.25, 0.3) is 0 Å². The second-order valence-corrected chi connectivity index (χ2v) is 5.42. The van der Waals surface area contributed by atoms with E-state index in [2.05, 4.69) is 40.4 Å². The number of rotatable bonds is 3. The summed E-state index contributed by atoms with van der Waals surface area (Å²) < 4.78 is 0. The van der Waals surface area contributed by atoms with Crippen LogP contribution in [0.3, 0.4) is 0 Å². The predicted octanol–water partition coefficient (Wildman–Crippen LogP) is 3.98. The van der Waals surface area contributed by atoms with Crippen molar-refractivity contribution in [2.24, 2.45) is 0 Å². The van der Waals surface area contributed by atoms with Crippen molar-refractivity contribution in [1.29, 1.82) is 0 Å². The molecule has 104 valence electrons. The number of hydrogen-bond donors (Lipinski definition) is 1. The van der Waals surface area contributed by atoms with Gasteiger partial charge in [-0.1, -0.05) is 30.7 Å². The summed E-state index contributed by atoms with van der Waals surface area (Å²) in [6.45, 7) is 1.17. The molecule has 1 atom stereocenters. The van der Waals surface area contributed by atoms with E-state index >= 15 is 0 Å². The van der Waals surface area contributed by atoms with Crippen molar-refractivity contribution >= 4 is 11.5 Å². The molecule has 2 heterocycles. The Morgan fingerprint density at radius 1 is 1.10 bits per heavy atom. The second kappa shape index (κ2) is 6.06. The molecule has 0 aliphatic carbocycles. The first-order valence-corrected chi connectivity index (χ1v) is 7.32. The number of pyridine rings is 1. The van der Waals surface area contributed by atoms with Gasteiger partial charge < -0.3 is 5.32 Å². The molecule has 1 aromatic carbocycles. The molecule has 1 aromatic heterocycles. The highest BCUT2D eigenvalue weighted by Crippen LogP contribution is 2.33. The Balaban J connectivity index is 1.88. The molecule has 0 bridgehead atoms. The van der Waals surface area contributed by atoms with Crippen molar-refractivity contribution in [2.45, 2.75) is 25.3 Å². The van der Waals surface area contributed by atoms with Crippen LogP contribution in [0, 0.1) is 0 Å². The summed E-state index contributed by atoms with van der Waals surface area (Å²) in [5.41, 5.74) is 2.39. The fourth-order valence-corrected chi connectivity index (χ4v) is 2.92. The van der Waals surface area contributed by atoms with Crippen molar-refractivity contribution in [1.82, 2.24) is 9.88 Å². The first kappa shape index (κ1) is 13.1. The molecule has 1 aliphatic heterocycles. The van der Waals surface area contributed by atoms with E-state index in [1.54, 1.807) is 0 Å². The third-order valence-corrected chi connectivity index (χ3v) is 4.00. The maximum Gasteiger partial charge on any atom is 0.135 e. The lowest BCUT2D eigenvalue weighted by Crippen LogP contribution is -2.30. The number of nitrogens with one attached hydrogen (secondary N) is 1. The number of piperidine rings is 1. The van der Waals surface area contributed by atoms with Crippen LogP contribution in [0.2, 0.25) is 0 Å². The lowest BCUT2D eigenvalue weighted by atomic mass is 9.96. The van der Waals surface area contributed by atoms with E-state index in [-0.39, 0.29) is 0 Å². The van der Waals surface area contributed by atoms with Crippen LogP contribution in [-0.2, 0) is 0 Å². The van der Waals surface area contributed by atoms with Gasteiger partial charge in [-0.2, -0.15) is 0 Å². The SMILES string of the molecule is CN1CCCC[C@H]1c1cccnc1Nc1ccccc1. The average molecular weight is 267 g/mol. The largest absolute Gasteiger partial charge is 0.340 e. The summed E-state index contributed by atoms with van der Waals surface area (Å²) in [5, 5.41) is 3.45. The molecule has 0 unspecified atom stereocenters. The molecule has 1 N–H and O–H groups in total. The lowest BCUT2D eigenvalue weighted by molar-refractivity contribution is 0.187. The molecule has 3 heteroatoms.